The van der Waals surface area contributed by atoms with Crippen LogP contribution in [0.1, 0.15) is 126 Å². The predicted molar refractivity (Wildman–Crippen MR) is 176 cm³/mol. The number of carbonyl (C=O) groups is 3. The van der Waals surface area contributed by atoms with Crippen LogP contribution in [0.2, 0.25) is 0 Å². The van der Waals surface area contributed by atoms with E-state index in [2.05, 4.69) is 6.92 Å². The van der Waals surface area contributed by atoms with Crippen molar-refractivity contribution in [3.05, 3.63) is 34.4 Å². The summed E-state index contributed by atoms with van der Waals surface area (Å²) in [6.07, 6.45) is 11.0. The second kappa shape index (κ2) is 13.7. The van der Waals surface area contributed by atoms with Crippen LogP contribution in [0, 0.1) is 28.6 Å². The average Bonchev–Trinajstić information content (AvgIpc) is 3.41. The fourth-order valence-corrected chi connectivity index (χ4v) is 9.01. The molecule has 4 aliphatic carbocycles. The Morgan fingerprint density at radius 1 is 0.957 bits per heavy atom. The second-order valence-corrected chi connectivity index (χ2v) is 15.5. The molecule has 0 unspecified atom stereocenters. The fraction of sp³-hybridized carbons (Fsp3) is 0.763. The Hall–Kier alpha value is -2.29. The lowest BCUT2D eigenvalue weighted by Crippen LogP contribution is -2.65. The molecule has 3 N–H and O–H groups in total. The highest BCUT2D eigenvalue weighted by Gasteiger charge is 2.83. The van der Waals surface area contributed by atoms with Crippen LogP contribution >= 0.6 is 0 Å². The number of ether oxygens (including phenoxy) is 2. The molecule has 4 aliphatic rings. The van der Waals surface area contributed by atoms with E-state index in [1.165, 1.54) is 38.5 Å². The zero-order valence-corrected chi connectivity index (χ0v) is 29.4. The van der Waals surface area contributed by atoms with Gasteiger partial charge in [-0.3, -0.25) is 9.59 Å². The quantitative estimate of drug-likeness (QED) is 0.0870. The van der Waals surface area contributed by atoms with E-state index in [1.54, 1.807) is 39.8 Å². The van der Waals surface area contributed by atoms with Crippen molar-refractivity contribution in [3.63, 3.8) is 0 Å². The van der Waals surface area contributed by atoms with E-state index in [0.29, 0.717) is 24.0 Å². The third kappa shape index (κ3) is 5.85. The van der Waals surface area contributed by atoms with E-state index < -0.39 is 58.0 Å². The van der Waals surface area contributed by atoms with Gasteiger partial charge in [-0.2, -0.15) is 0 Å². The van der Waals surface area contributed by atoms with Gasteiger partial charge in [0.15, 0.2) is 5.78 Å². The van der Waals surface area contributed by atoms with Crippen molar-refractivity contribution >= 4 is 17.7 Å². The molecule has 0 radical (unpaired) electrons. The summed E-state index contributed by atoms with van der Waals surface area (Å²) in [5, 5.41) is 35.6. The number of aliphatic hydroxyl groups is 3. The van der Waals surface area contributed by atoms with Crippen LogP contribution < -0.4 is 0 Å². The van der Waals surface area contributed by atoms with Gasteiger partial charge in [0.1, 0.15) is 30.0 Å². The smallest absolute Gasteiger partial charge is 0.333 e. The van der Waals surface area contributed by atoms with Gasteiger partial charge in [0.2, 0.25) is 0 Å². The topological polar surface area (TPSA) is 130 Å². The monoisotopic (exact) mass is 642 g/mol. The van der Waals surface area contributed by atoms with Crippen molar-refractivity contribution in [1.29, 1.82) is 0 Å². The molecule has 0 aromatic rings. The molecule has 2 fully saturated rings. The Morgan fingerprint density at radius 3 is 2.13 bits per heavy atom. The van der Waals surface area contributed by atoms with E-state index in [0.717, 1.165) is 24.8 Å². The van der Waals surface area contributed by atoms with Crippen LogP contribution in [0.4, 0.5) is 0 Å². The molecule has 0 amide bonds. The molecule has 4 rings (SSSR count). The first-order valence-electron chi connectivity index (χ1n) is 17.6. The molecule has 0 heterocycles. The third-order valence-corrected chi connectivity index (χ3v) is 12.1. The summed E-state index contributed by atoms with van der Waals surface area (Å²) in [7, 11) is 0. The molecule has 46 heavy (non-hydrogen) atoms. The standard InChI is InChI=1S/C38H58O8/c1-9-10-11-12-13-14-15-16-17-18-29(39)46-37-21-25(5)36-20-24(4)31(40)38(36,44)32(41)27(22-45-34(43)26(6)23(2)3)19-28(33(36)42)30(37)35(37,7)8/h19-20,25,28,30-32,40-41,44H,9-18,21-22H2,1-8H3/t25-,28+,30-,31+,32-,36+,37+,38-/m1/s1. The highest BCUT2D eigenvalue weighted by Crippen LogP contribution is 2.75. The Kier molecular flexibility index (Phi) is 10.9. The van der Waals surface area contributed by atoms with Gasteiger partial charge >= 0.3 is 11.9 Å². The van der Waals surface area contributed by atoms with Crippen LogP contribution in [0.5, 0.6) is 0 Å². The number of esters is 2. The SMILES string of the molecule is CCCCCCCCCCCC(=O)O[C@@]12C[C@@H](C)[C@]34C=C(C)[C@H](O)[C@@]3(O)[C@H](O)C(COC(=O)C(C)=C(C)C)=C[C@H](C4=O)[C@@H]1C2(C)C. The number of hydrogen-bond donors (Lipinski definition) is 3. The van der Waals surface area contributed by atoms with Crippen molar-refractivity contribution in [2.75, 3.05) is 6.61 Å². The lowest BCUT2D eigenvalue weighted by atomic mass is 9.59. The van der Waals surface area contributed by atoms with E-state index in [1.807, 2.05) is 20.8 Å². The molecule has 2 saturated carbocycles. The second-order valence-electron chi connectivity index (χ2n) is 15.5. The largest absolute Gasteiger partial charge is 0.458 e. The van der Waals surface area contributed by atoms with E-state index in [4.69, 9.17) is 9.47 Å². The minimum absolute atomic E-state index is 0.159. The molecule has 258 valence electrons. The molecule has 0 aromatic heterocycles. The third-order valence-electron chi connectivity index (χ3n) is 12.1. The van der Waals surface area contributed by atoms with E-state index in [-0.39, 0.29) is 23.9 Å². The number of hydrogen-bond acceptors (Lipinski definition) is 8. The van der Waals surface area contributed by atoms with Gasteiger partial charge in [-0.25, -0.2) is 4.79 Å². The van der Waals surface area contributed by atoms with Crippen LogP contribution in [-0.2, 0) is 23.9 Å². The Balaban J connectivity index is 1.60. The van der Waals surface area contributed by atoms with Crippen LogP contribution in [-0.4, -0.2) is 63.1 Å². The predicted octanol–water partition coefficient (Wildman–Crippen LogP) is 6.31. The van der Waals surface area contributed by atoms with Crippen molar-refractivity contribution in [2.24, 2.45) is 28.6 Å². The molecule has 0 aromatic carbocycles. The summed E-state index contributed by atoms with van der Waals surface area (Å²) < 4.78 is 12.0. The minimum Gasteiger partial charge on any atom is -0.458 e. The van der Waals surface area contributed by atoms with Gasteiger partial charge < -0.3 is 24.8 Å². The average molecular weight is 643 g/mol. The maximum atomic E-state index is 14.8. The minimum atomic E-state index is -2.28. The molecule has 8 heteroatoms. The van der Waals surface area contributed by atoms with Gasteiger partial charge in [-0.15, -0.1) is 0 Å². The van der Waals surface area contributed by atoms with Gasteiger partial charge in [0, 0.05) is 29.2 Å². The number of aliphatic hydroxyl groups excluding tert-OH is 2. The maximum Gasteiger partial charge on any atom is 0.333 e. The van der Waals surface area contributed by atoms with E-state index >= 15 is 0 Å². The summed E-state index contributed by atoms with van der Waals surface area (Å²) in [5.41, 5.74) is -3.66. The molecule has 0 saturated heterocycles. The lowest BCUT2D eigenvalue weighted by Gasteiger charge is -2.48. The van der Waals surface area contributed by atoms with Gasteiger partial charge in [-0.1, -0.05) is 96.8 Å². The molecular formula is C38H58O8. The number of allylic oxidation sites excluding steroid dienone is 2. The first kappa shape index (κ1) is 36.5. The van der Waals surface area contributed by atoms with Crippen LogP contribution in [0.15, 0.2) is 34.4 Å². The molecule has 8 atom stereocenters. The van der Waals surface area contributed by atoms with Crippen LogP contribution in [0.25, 0.3) is 0 Å². The lowest BCUT2D eigenvalue weighted by molar-refractivity contribution is -0.192. The van der Waals surface area contributed by atoms with Gasteiger partial charge in [0.25, 0.3) is 0 Å². The van der Waals surface area contributed by atoms with Crippen molar-refractivity contribution in [3.8, 4) is 0 Å². The molecule has 0 aliphatic heterocycles. The maximum absolute atomic E-state index is 14.8. The summed E-state index contributed by atoms with van der Waals surface area (Å²) >= 11 is 0. The van der Waals surface area contributed by atoms with Gasteiger partial charge in [-0.05, 0) is 57.6 Å². The fourth-order valence-electron chi connectivity index (χ4n) is 9.01. The molecule has 8 nitrogen and oxygen atoms in total. The highest BCUT2D eigenvalue weighted by molar-refractivity contribution is 5.96. The zero-order chi connectivity index (χ0) is 34.2. The molecule has 2 bridgehead atoms. The summed E-state index contributed by atoms with van der Waals surface area (Å²) in [5.74, 6) is -2.98. The number of carbonyl (C=O) groups excluding carboxylic acids is 3. The van der Waals surface area contributed by atoms with Crippen molar-refractivity contribution < 1.29 is 39.2 Å². The van der Waals surface area contributed by atoms with Crippen molar-refractivity contribution in [1.82, 2.24) is 0 Å². The normalized spacial score (nSPS) is 35.5. The number of fused-ring (bicyclic) bond motifs is 3. The van der Waals surface area contributed by atoms with E-state index in [9.17, 15) is 29.7 Å². The summed E-state index contributed by atoms with van der Waals surface area (Å²) in [6.45, 7) is 14.6. The number of unbranched alkanes of at least 4 members (excludes halogenated alkanes) is 8. The number of rotatable bonds is 14. The number of ketones is 1. The Morgan fingerprint density at radius 2 is 1.54 bits per heavy atom. The number of Topliss-reactive ketones (excluding diaryl/α,β-unsaturated/α-hetero) is 1. The Labute approximate surface area is 275 Å². The molecule has 1 spiro atoms. The summed E-state index contributed by atoms with van der Waals surface area (Å²) in [6, 6.07) is 0. The van der Waals surface area contributed by atoms with Crippen LogP contribution in [0.3, 0.4) is 0 Å². The van der Waals surface area contributed by atoms with Crippen molar-refractivity contribution in [2.45, 2.75) is 149 Å². The first-order valence-corrected chi connectivity index (χ1v) is 17.6. The Bertz CT molecular complexity index is 1290. The van der Waals surface area contributed by atoms with Gasteiger partial charge in [0.05, 0.1) is 5.41 Å². The zero-order valence-electron chi connectivity index (χ0n) is 29.4. The summed E-state index contributed by atoms with van der Waals surface area (Å²) in [4.78, 5) is 40.9. The highest BCUT2D eigenvalue weighted by atomic mass is 16.6. The first-order chi connectivity index (χ1) is 21.5. The molecular weight excluding hydrogens is 584 g/mol.